The molecule has 3 fully saturated rings. The highest BCUT2D eigenvalue weighted by atomic mass is 35.5. The number of esters is 1. The van der Waals surface area contributed by atoms with Crippen molar-refractivity contribution in [2.75, 3.05) is 26.8 Å². The maximum Gasteiger partial charge on any atom is 0.337 e. The molecule has 2 unspecified atom stereocenters. The highest BCUT2D eigenvalue weighted by Crippen LogP contribution is 2.58. The quantitative estimate of drug-likeness (QED) is 0.253. The van der Waals surface area contributed by atoms with Gasteiger partial charge in [0.1, 0.15) is 18.2 Å². The molecule has 1 aliphatic carbocycles. The predicted octanol–water partition coefficient (Wildman–Crippen LogP) is 5.22. The molecule has 212 valence electrons. The Morgan fingerprint density at radius 2 is 1.95 bits per heavy atom. The van der Waals surface area contributed by atoms with Crippen LogP contribution in [0.1, 0.15) is 39.8 Å². The van der Waals surface area contributed by atoms with Crippen molar-refractivity contribution < 1.29 is 23.4 Å². The fraction of sp³-hybridized carbons (Fsp3) is 0.387. The average molecular weight is 577 g/mol. The van der Waals surface area contributed by atoms with Crippen LogP contribution < -0.4 is 4.74 Å². The molecule has 2 saturated heterocycles. The lowest BCUT2D eigenvalue weighted by Crippen LogP contribution is -2.33. The first-order valence-electron chi connectivity index (χ1n) is 13.9. The van der Waals surface area contributed by atoms with Gasteiger partial charge in [0, 0.05) is 48.0 Å². The summed E-state index contributed by atoms with van der Waals surface area (Å²) in [5, 5.41) is 0.359. The number of fused-ring (bicyclic) bond motifs is 2. The summed E-state index contributed by atoms with van der Waals surface area (Å²) in [4.78, 5) is 24.3. The molecule has 41 heavy (non-hydrogen) atoms. The van der Waals surface area contributed by atoms with Gasteiger partial charge in [-0.3, -0.25) is 4.90 Å². The molecule has 3 atom stereocenters. The number of pyridine rings is 1. The molecule has 4 aromatic rings. The van der Waals surface area contributed by atoms with Crippen molar-refractivity contribution >= 4 is 28.6 Å². The molecule has 10 heteroatoms. The Labute approximate surface area is 242 Å². The number of ether oxygens (including phenoxy) is 3. The van der Waals surface area contributed by atoms with E-state index in [1.54, 1.807) is 18.2 Å². The van der Waals surface area contributed by atoms with Crippen LogP contribution in [-0.2, 0) is 29.2 Å². The summed E-state index contributed by atoms with van der Waals surface area (Å²) in [5.41, 5.74) is 3.79. The molecule has 2 aromatic carbocycles. The highest BCUT2D eigenvalue weighted by molar-refractivity contribution is 6.30. The molecule has 4 heterocycles. The Balaban J connectivity index is 1.02. The first-order valence-corrected chi connectivity index (χ1v) is 14.3. The van der Waals surface area contributed by atoms with Crippen LogP contribution in [0.3, 0.4) is 0 Å². The molecule has 2 aliphatic heterocycles. The van der Waals surface area contributed by atoms with Gasteiger partial charge in [-0.25, -0.2) is 19.2 Å². The molecule has 0 spiro atoms. The summed E-state index contributed by atoms with van der Waals surface area (Å²) in [5.74, 6) is 2.20. The Morgan fingerprint density at radius 3 is 2.68 bits per heavy atom. The standard InChI is InChI=1S/C31H30ClFN4O4/c1-39-31(38)18-6-8-25-27(11-18)37(13-21-9-10-40-21)28(34-25)16-36-14-22-23(15-36)30(22)26-3-2-4-29(35-26)41-17-19-5-7-20(32)12-24(19)33/h2-8,11-12,21-23,30H,9-10,13-17H2,1H3/t21-,22?,23?,30?/m0/s1. The van der Waals surface area contributed by atoms with Crippen LogP contribution in [0.15, 0.2) is 54.6 Å². The minimum Gasteiger partial charge on any atom is -0.473 e. The third-order valence-corrected chi connectivity index (χ3v) is 8.78. The van der Waals surface area contributed by atoms with Gasteiger partial charge in [0.2, 0.25) is 5.88 Å². The van der Waals surface area contributed by atoms with Gasteiger partial charge in [0.05, 0.1) is 42.9 Å². The maximum atomic E-state index is 14.1. The molecule has 3 aliphatic rings. The smallest absolute Gasteiger partial charge is 0.337 e. The van der Waals surface area contributed by atoms with Gasteiger partial charge in [-0.1, -0.05) is 23.7 Å². The van der Waals surface area contributed by atoms with Gasteiger partial charge in [-0.05, 0) is 54.7 Å². The number of nitrogens with zero attached hydrogens (tertiary/aromatic N) is 4. The van der Waals surface area contributed by atoms with Gasteiger partial charge >= 0.3 is 5.97 Å². The van der Waals surface area contributed by atoms with Crippen molar-refractivity contribution in [1.29, 1.82) is 0 Å². The van der Waals surface area contributed by atoms with E-state index < -0.39 is 0 Å². The monoisotopic (exact) mass is 576 g/mol. The van der Waals surface area contributed by atoms with E-state index in [-0.39, 0.29) is 24.5 Å². The van der Waals surface area contributed by atoms with E-state index in [4.69, 9.17) is 35.8 Å². The number of halogens is 2. The van der Waals surface area contributed by atoms with E-state index in [0.717, 1.165) is 61.8 Å². The highest BCUT2D eigenvalue weighted by Gasteiger charge is 2.57. The van der Waals surface area contributed by atoms with Gasteiger partial charge in [0.15, 0.2) is 0 Å². The number of piperidine rings is 1. The summed E-state index contributed by atoms with van der Waals surface area (Å²) in [6.45, 7) is 4.27. The van der Waals surface area contributed by atoms with Crippen LogP contribution in [0.4, 0.5) is 4.39 Å². The Hall–Kier alpha value is -3.53. The lowest BCUT2D eigenvalue weighted by atomic mass is 10.1. The number of hydrogen-bond donors (Lipinski definition) is 0. The van der Waals surface area contributed by atoms with Crippen molar-refractivity contribution in [3.63, 3.8) is 0 Å². The molecule has 0 radical (unpaired) electrons. The predicted molar refractivity (Wildman–Crippen MR) is 150 cm³/mol. The number of methoxy groups -OCH3 is 1. The van der Waals surface area contributed by atoms with Gasteiger partial charge < -0.3 is 18.8 Å². The normalized spacial score (nSPS) is 23.3. The maximum absolute atomic E-state index is 14.1. The number of benzene rings is 2. The minimum atomic E-state index is -0.386. The van der Waals surface area contributed by atoms with Crippen LogP contribution >= 0.6 is 11.6 Å². The first kappa shape index (κ1) is 26.4. The summed E-state index contributed by atoms with van der Waals surface area (Å²) in [6, 6.07) is 15.9. The zero-order valence-electron chi connectivity index (χ0n) is 22.6. The van der Waals surface area contributed by atoms with E-state index in [1.165, 1.54) is 13.2 Å². The van der Waals surface area contributed by atoms with Crippen molar-refractivity contribution in [3.05, 3.63) is 88.1 Å². The van der Waals surface area contributed by atoms with Crippen LogP contribution in [0.2, 0.25) is 5.02 Å². The minimum absolute atomic E-state index is 0.0960. The number of aromatic nitrogens is 3. The molecule has 0 amide bonds. The SMILES string of the molecule is COC(=O)c1ccc2nc(CN3CC4C(C3)C4c3cccc(OCc4ccc(Cl)cc4F)n3)n(C[C@@H]3CCO3)c2c1. The van der Waals surface area contributed by atoms with Crippen LogP contribution in [0.5, 0.6) is 5.88 Å². The van der Waals surface area contributed by atoms with Crippen LogP contribution in [0.25, 0.3) is 11.0 Å². The number of hydrogen-bond acceptors (Lipinski definition) is 7. The average Bonchev–Trinajstić information content (AvgIpc) is 3.27. The van der Waals surface area contributed by atoms with Gasteiger partial charge in [-0.2, -0.15) is 0 Å². The van der Waals surface area contributed by atoms with Crippen molar-refractivity contribution in [1.82, 2.24) is 19.4 Å². The number of carbonyl (C=O) groups is 1. The largest absolute Gasteiger partial charge is 0.473 e. The van der Waals surface area contributed by atoms with Crippen molar-refractivity contribution in [2.24, 2.45) is 11.8 Å². The Bertz CT molecular complexity index is 1610. The Kier molecular flexibility index (Phi) is 6.89. The van der Waals surface area contributed by atoms with Crippen LogP contribution in [-0.4, -0.2) is 58.3 Å². The number of likely N-dealkylation sites (tertiary alicyclic amines) is 1. The van der Waals surface area contributed by atoms with Crippen molar-refractivity contribution in [2.45, 2.75) is 38.1 Å². The number of rotatable bonds is 9. The molecule has 8 nitrogen and oxygen atoms in total. The fourth-order valence-corrected chi connectivity index (χ4v) is 6.40. The molecule has 7 rings (SSSR count). The zero-order valence-corrected chi connectivity index (χ0v) is 23.4. The first-order chi connectivity index (χ1) is 20.0. The molecule has 0 bridgehead atoms. The third-order valence-electron chi connectivity index (χ3n) is 8.54. The summed E-state index contributed by atoms with van der Waals surface area (Å²) in [6.07, 6.45) is 1.19. The molecule has 0 N–H and O–H groups in total. The lowest BCUT2D eigenvalue weighted by molar-refractivity contribution is -0.0591. The summed E-state index contributed by atoms with van der Waals surface area (Å²) in [7, 11) is 1.39. The van der Waals surface area contributed by atoms with E-state index in [1.807, 2.05) is 24.3 Å². The molecular weight excluding hydrogens is 547 g/mol. The van der Waals surface area contributed by atoms with Crippen molar-refractivity contribution in [3.8, 4) is 5.88 Å². The van der Waals surface area contributed by atoms with Gasteiger partial charge in [0.25, 0.3) is 0 Å². The van der Waals surface area contributed by atoms with Crippen LogP contribution in [0, 0.1) is 17.7 Å². The summed E-state index contributed by atoms with van der Waals surface area (Å²) >= 11 is 5.85. The molecule has 1 saturated carbocycles. The number of imidazole rings is 1. The zero-order chi connectivity index (χ0) is 28.1. The van der Waals surface area contributed by atoms with E-state index in [2.05, 4.69) is 15.5 Å². The van der Waals surface area contributed by atoms with E-state index >= 15 is 0 Å². The second kappa shape index (κ2) is 10.7. The third kappa shape index (κ3) is 5.18. The topological polar surface area (TPSA) is 78.7 Å². The Morgan fingerprint density at radius 1 is 1.12 bits per heavy atom. The number of carbonyl (C=O) groups excluding carboxylic acids is 1. The lowest BCUT2D eigenvalue weighted by Gasteiger charge is -2.28. The second-order valence-electron chi connectivity index (χ2n) is 11.1. The summed E-state index contributed by atoms with van der Waals surface area (Å²) < 4.78 is 32.8. The molecule has 2 aromatic heterocycles. The van der Waals surface area contributed by atoms with Gasteiger partial charge in [-0.15, -0.1) is 0 Å². The van der Waals surface area contributed by atoms with E-state index in [9.17, 15) is 9.18 Å². The van der Waals surface area contributed by atoms with E-state index in [0.29, 0.717) is 39.8 Å². The second-order valence-corrected chi connectivity index (χ2v) is 11.5. The fourth-order valence-electron chi connectivity index (χ4n) is 6.24. The molecular formula is C31H30ClFN4O4.